The van der Waals surface area contributed by atoms with E-state index < -0.39 is 17.5 Å². The van der Waals surface area contributed by atoms with Crippen LogP contribution in [0.4, 0.5) is 10.5 Å². The summed E-state index contributed by atoms with van der Waals surface area (Å²) in [6, 6.07) is 6.96. The first-order chi connectivity index (χ1) is 12.0. The minimum absolute atomic E-state index is 0. The van der Waals surface area contributed by atoms with Gasteiger partial charge in [-0.25, -0.2) is 4.79 Å². The number of halogens is 1. The van der Waals surface area contributed by atoms with Gasteiger partial charge >= 0.3 is 6.03 Å². The maximum Gasteiger partial charge on any atom is 0.325 e. The zero-order valence-corrected chi connectivity index (χ0v) is 16.2. The molecule has 1 aromatic carbocycles. The molecule has 1 aliphatic rings. The van der Waals surface area contributed by atoms with Crippen LogP contribution in [-0.2, 0) is 16.1 Å². The smallest absolute Gasteiger partial charge is 0.325 e. The second-order valence-corrected chi connectivity index (χ2v) is 6.14. The first-order valence-corrected chi connectivity index (χ1v) is 8.69. The van der Waals surface area contributed by atoms with Gasteiger partial charge in [-0.1, -0.05) is 32.9 Å². The molecule has 0 aromatic heterocycles. The van der Waals surface area contributed by atoms with E-state index in [0.717, 1.165) is 17.0 Å². The van der Waals surface area contributed by atoms with E-state index in [0.29, 0.717) is 25.1 Å². The van der Waals surface area contributed by atoms with Crippen molar-refractivity contribution in [1.29, 1.82) is 0 Å². The molecular weight excluding hydrogens is 356 g/mol. The predicted molar refractivity (Wildman–Crippen MR) is 103 cm³/mol. The van der Waals surface area contributed by atoms with E-state index in [2.05, 4.69) is 16.0 Å². The average Bonchev–Trinajstić information content (AvgIpc) is 2.85. The highest BCUT2D eigenvalue weighted by Gasteiger charge is 2.49. The van der Waals surface area contributed by atoms with E-state index in [1.54, 1.807) is 6.07 Å². The van der Waals surface area contributed by atoms with Crippen molar-refractivity contribution in [2.75, 3.05) is 18.4 Å². The van der Waals surface area contributed by atoms with Gasteiger partial charge in [-0.15, -0.1) is 12.4 Å². The molecule has 0 bridgehead atoms. The minimum Gasteiger partial charge on any atom is -0.325 e. The van der Waals surface area contributed by atoms with Crippen molar-refractivity contribution in [3.05, 3.63) is 29.8 Å². The van der Waals surface area contributed by atoms with Crippen LogP contribution < -0.4 is 16.0 Å². The van der Waals surface area contributed by atoms with Gasteiger partial charge in [0.15, 0.2) is 0 Å². The van der Waals surface area contributed by atoms with Crippen molar-refractivity contribution in [3.63, 3.8) is 0 Å². The van der Waals surface area contributed by atoms with Gasteiger partial charge < -0.3 is 16.0 Å². The fourth-order valence-electron chi connectivity index (χ4n) is 2.92. The summed E-state index contributed by atoms with van der Waals surface area (Å²) in [6.07, 6.45) is 0.997. The lowest BCUT2D eigenvalue weighted by Crippen LogP contribution is -2.46. The standard InChI is InChI=1S/C18H26N4O3.ClH/c1-4-18(5-2)16(24)22(17(25)21-18)12-15(23)20-14-9-7-8-13(10-14)11-19-6-3;/h7-10,19H,4-6,11-12H2,1-3H3,(H,20,23)(H,21,25);1H. The van der Waals surface area contributed by atoms with Crippen LogP contribution in [0.1, 0.15) is 39.2 Å². The topological polar surface area (TPSA) is 90.5 Å². The molecule has 3 N–H and O–H groups in total. The number of rotatable bonds is 8. The first kappa shape index (κ1) is 21.9. The first-order valence-electron chi connectivity index (χ1n) is 8.69. The molecule has 144 valence electrons. The van der Waals surface area contributed by atoms with Crippen LogP contribution in [0.5, 0.6) is 0 Å². The van der Waals surface area contributed by atoms with Crippen LogP contribution in [0.2, 0.25) is 0 Å². The lowest BCUT2D eigenvalue weighted by atomic mass is 9.93. The highest BCUT2D eigenvalue weighted by Crippen LogP contribution is 2.24. The Kier molecular flexibility index (Phi) is 8.05. The Morgan fingerprint density at radius 2 is 1.88 bits per heavy atom. The summed E-state index contributed by atoms with van der Waals surface area (Å²) in [7, 11) is 0. The van der Waals surface area contributed by atoms with E-state index in [1.165, 1.54) is 0 Å². The number of carbonyl (C=O) groups excluding carboxylic acids is 3. The lowest BCUT2D eigenvalue weighted by Gasteiger charge is -2.23. The van der Waals surface area contributed by atoms with Crippen molar-refractivity contribution in [3.8, 4) is 0 Å². The van der Waals surface area contributed by atoms with Crippen molar-refractivity contribution >= 4 is 35.9 Å². The van der Waals surface area contributed by atoms with Crippen molar-refractivity contribution in [1.82, 2.24) is 15.5 Å². The van der Waals surface area contributed by atoms with Crippen LogP contribution in [-0.4, -0.2) is 41.4 Å². The number of benzene rings is 1. The summed E-state index contributed by atoms with van der Waals surface area (Å²) in [5.74, 6) is -0.731. The summed E-state index contributed by atoms with van der Waals surface area (Å²) >= 11 is 0. The van der Waals surface area contributed by atoms with Crippen LogP contribution in [0.25, 0.3) is 0 Å². The van der Waals surface area contributed by atoms with E-state index >= 15 is 0 Å². The van der Waals surface area contributed by atoms with E-state index in [9.17, 15) is 14.4 Å². The second kappa shape index (κ2) is 9.54. The number of nitrogens with one attached hydrogen (secondary N) is 3. The molecule has 2 rings (SSSR count). The normalized spacial score (nSPS) is 15.4. The molecule has 0 aliphatic carbocycles. The zero-order valence-electron chi connectivity index (χ0n) is 15.4. The fraction of sp³-hybridized carbons (Fsp3) is 0.500. The van der Waals surface area contributed by atoms with Gasteiger partial charge in [0.2, 0.25) is 5.91 Å². The lowest BCUT2D eigenvalue weighted by molar-refractivity contribution is -0.134. The molecular formula is C18H27ClN4O3. The number of carbonyl (C=O) groups is 3. The maximum atomic E-state index is 12.5. The Morgan fingerprint density at radius 1 is 1.19 bits per heavy atom. The third-order valence-corrected chi connectivity index (χ3v) is 4.54. The van der Waals surface area contributed by atoms with Crippen LogP contribution in [0, 0.1) is 0 Å². The Morgan fingerprint density at radius 3 is 2.46 bits per heavy atom. The molecule has 0 unspecified atom stereocenters. The molecule has 7 nitrogen and oxygen atoms in total. The third-order valence-electron chi connectivity index (χ3n) is 4.54. The number of hydrogen-bond acceptors (Lipinski definition) is 4. The van der Waals surface area contributed by atoms with Crippen LogP contribution in [0.15, 0.2) is 24.3 Å². The number of urea groups is 1. The molecule has 1 aromatic rings. The fourth-order valence-corrected chi connectivity index (χ4v) is 2.92. The van der Waals surface area contributed by atoms with Crippen molar-refractivity contribution in [2.24, 2.45) is 0 Å². The van der Waals surface area contributed by atoms with E-state index in [1.807, 2.05) is 39.0 Å². The molecule has 0 spiro atoms. The monoisotopic (exact) mass is 382 g/mol. The predicted octanol–water partition coefficient (Wildman–Crippen LogP) is 2.27. The minimum atomic E-state index is -0.886. The maximum absolute atomic E-state index is 12.5. The highest BCUT2D eigenvalue weighted by atomic mass is 35.5. The van der Waals surface area contributed by atoms with Crippen molar-refractivity contribution < 1.29 is 14.4 Å². The van der Waals surface area contributed by atoms with Crippen LogP contribution >= 0.6 is 12.4 Å². The highest BCUT2D eigenvalue weighted by molar-refractivity contribution is 6.10. The van der Waals surface area contributed by atoms with Gasteiger partial charge in [-0.2, -0.15) is 0 Å². The van der Waals surface area contributed by atoms with Crippen molar-refractivity contribution in [2.45, 2.75) is 45.7 Å². The summed E-state index contributed by atoms with van der Waals surface area (Å²) in [5, 5.41) is 8.69. The molecule has 1 heterocycles. The summed E-state index contributed by atoms with van der Waals surface area (Å²) in [5.41, 5.74) is 0.804. The molecule has 8 heteroatoms. The molecule has 1 aliphatic heterocycles. The number of nitrogens with zero attached hydrogens (tertiary/aromatic N) is 1. The van der Waals surface area contributed by atoms with Gasteiger partial charge in [0.25, 0.3) is 5.91 Å². The van der Waals surface area contributed by atoms with Gasteiger partial charge in [0.05, 0.1) is 0 Å². The summed E-state index contributed by atoms with van der Waals surface area (Å²) < 4.78 is 0. The number of hydrogen-bond donors (Lipinski definition) is 3. The molecule has 0 atom stereocenters. The summed E-state index contributed by atoms with van der Waals surface area (Å²) in [6.45, 7) is 7.00. The molecule has 1 saturated heterocycles. The molecule has 1 fully saturated rings. The van der Waals surface area contributed by atoms with Gasteiger partial charge in [-0.3, -0.25) is 14.5 Å². The number of anilines is 1. The third kappa shape index (κ3) is 4.74. The largest absolute Gasteiger partial charge is 0.325 e. The Hall–Kier alpha value is -2.12. The SMILES string of the molecule is CCNCc1cccc(NC(=O)CN2C(=O)NC(CC)(CC)C2=O)c1.Cl. The van der Waals surface area contributed by atoms with Gasteiger partial charge in [-0.05, 0) is 37.1 Å². The molecule has 26 heavy (non-hydrogen) atoms. The second-order valence-electron chi connectivity index (χ2n) is 6.14. The van der Waals surface area contributed by atoms with E-state index in [4.69, 9.17) is 0 Å². The summed E-state index contributed by atoms with van der Waals surface area (Å²) in [4.78, 5) is 37.9. The molecule has 4 amide bonds. The zero-order chi connectivity index (χ0) is 18.4. The Balaban J connectivity index is 0.00000338. The van der Waals surface area contributed by atoms with Crippen LogP contribution in [0.3, 0.4) is 0 Å². The van der Waals surface area contributed by atoms with Gasteiger partial charge in [0.1, 0.15) is 12.1 Å². The Bertz CT molecular complexity index is 662. The number of amides is 4. The Labute approximate surface area is 160 Å². The molecule has 0 radical (unpaired) electrons. The average molecular weight is 383 g/mol. The number of imide groups is 1. The quantitative estimate of drug-likeness (QED) is 0.601. The molecule has 0 saturated carbocycles. The van der Waals surface area contributed by atoms with Gasteiger partial charge in [0, 0.05) is 12.2 Å². The van der Waals surface area contributed by atoms with E-state index in [-0.39, 0.29) is 24.9 Å².